The lowest BCUT2D eigenvalue weighted by Crippen LogP contribution is -2.50. The molecule has 0 radical (unpaired) electrons. The number of halogens is 1. The molecule has 2 unspecified atom stereocenters. The molecule has 2 fully saturated rings. The molecule has 2 atom stereocenters. The van der Waals surface area contributed by atoms with Gasteiger partial charge in [-0.05, 0) is 77.3 Å². The first-order valence-corrected chi connectivity index (χ1v) is 13.7. The van der Waals surface area contributed by atoms with E-state index in [0.717, 1.165) is 23.9 Å². The summed E-state index contributed by atoms with van der Waals surface area (Å²) in [4.78, 5) is 1.19. The number of rotatable bonds is 5. The smallest absolute Gasteiger partial charge is 0.0699 e. The van der Waals surface area contributed by atoms with Gasteiger partial charge in [-0.2, -0.15) is 11.3 Å². The topological polar surface area (TPSA) is 12.0 Å². The van der Waals surface area contributed by atoms with Crippen LogP contribution < -0.4 is 5.32 Å². The van der Waals surface area contributed by atoms with Gasteiger partial charge in [-0.3, -0.25) is 0 Å². The minimum absolute atomic E-state index is 0.0807. The minimum Gasteiger partial charge on any atom is -0.303 e. The Hall–Kier alpha value is -1.26. The van der Waals surface area contributed by atoms with Crippen molar-refractivity contribution in [2.45, 2.75) is 66.5 Å². The first-order chi connectivity index (χ1) is 15.2. The van der Waals surface area contributed by atoms with Crippen molar-refractivity contribution in [2.24, 2.45) is 0 Å². The van der Waals surface area contributed by atoms with Crippen LogP contribution in [-0.2, 0) is 5.54 Å². The van der Waals surface area contributed by atoms with Crippen LogP contribution in [0.15, 0.2) is 70.3 Å². The summed E-state index contributed by atoms with van der Waals surface area (Å²) in [5.41, 5.74) is 4.27. The molecule has 1 N–H and O–H groups in total. The van der Waals surface area contributed by atoms with Crippen molar-refractivity contribution in [1.29, 1.82) is 0 Å². The van der Waals surface area contributed by atoms with Crippen molar-refractivity contribution >= 4 is 34.7 Å². The van der Waals surface area contributed by atoms with Gasteiger partial charge in [0.25, 0.3) is 0 Å². The Morgan fingerprint density at radius 2 is 1.71 bits per heavy atom. The largest absolute Gasteiger partial charge is 0.303 e. The SMILES string of the molecule is Clc1ccccc1SC1CCC(c2ccc(C3CCCCC3)cc2)(c2ccsc2)NC1. The summed E-state index contributed by atoms with van der Waals surface area (Å²) in [5, 5.41) is 9.91. The van der Waals surface area contributed by atoms with Gasteiger partial charge in [0.1, 0.15) is 0 Å². The van der Waals surface area contributed by atoms with Crippen LogP contribution in [0.1, 0.15) is 67.6 Å². The Balaban J connectivity index is 1.36. The fourth-order valence-electron chi connectivity index (χ4n) is 5.32. The highest BCUT2D eigenvalue weighted by Crippen LogP contribution is 2.43. The Kier molecular flexibility index (Phi) is 6.75. The zero-order chi connectivity index (χ0) is 21.1. The van der Waals surface area contributed by atoms with E-state index in [-0.39, 0.29) is 5.54 Å². The van der Waals surface area contributed by atoms with Crippen LogP contribution in [0.4, 0.5) is 0 Å². The van der Waals surface area contributed by atoms with Crippen LogP contribution in [-0.4, -0.2) is 11.8 Å². The van der Waals surface area contributed by atoms with Crippen LogP contribution in [0.2, 0.25) is 5.02 Å². The Morgan fingerprint density at radius 3 is 2.39 bits per heavy atom. The third-order valence-corrected chi connectivity index (χ3v) is 9.57. The molecule has 2 aliphatic rings. The van der Waals surface area contributed by atoms with Crippen LogP contribution in [0, 0.1) is 0 Å². The van der Waals surface area contributed by atoms with E-state index >= 15 is 0 Å². The number of benzene rings is 2. The number of piperidine rings is 1. The van der Waals surface area contributed by atoms with Crippen LogP contribution >= 0.6 is 34.7 Å². The number of thioether (sulfide) groups is 1. The van der Waals surface area contributed by atoms with Crippen molar-refractivity contribution in [3.05, 3.63) is 87.1 Å². The lowest BCUT2D eigenvalue weighted by atomic mass is 9.76. The van der Waals surface area contributed by atoms with Crippen molar-refractivity contribution < 1.29 is 0 Å². The highest BCUT2D eigenvalue weighted by atomic mass is 35.5. The second-order valence-corrected chi connectivity index (χ2v) is 11.5. The highest BCUT2D eigenvalue weighted by molar-refractivity contribution is 8.00. The van der Waals surface area contributed by atoms with Crippen molar-refractivity contribution in [2.75, 3.05) is 6.54 Å². The summed E-state index contributed by atoms with van der Waals surface area (Å²) >= 11 is 10.1. The minimum atomic E-state index is -0.0807. The number of thiophene rings is 1. The fraction of sp³-hybridized carbons (Fsp3) is 0.407. The van der Waals surface area contributed by atoms with Gasteiger partial charge in [0, 0.05) is 16.7 Å². The molecule has 0 spiro atoms. The van der Waals surface area contributed by atoms with Gasteiger partial charge in [-0.1, -0.05) is 67.3 Å². The number of hydrogen-bond acceptors (Lipinski definition) is 3. The van der Waals surface area contributed by atoms with E-state index in [2.05, 4.69) is 58.5 Å². The summed E-state index contributed by atoms with van der Waals surface area (Å²) < 4.78 is 0. The standard InChI is InChI=1S/C27H30ClNS2/c28-25-8-4-5-9-26(25)31-24-14-16-27(29-18-24,23-15-17-30-19-23)22-12-10-21(11-13-22)20-6-2-1-3-7-20/h4-5,8-13,15,17,19-20,24,29H,1-3,6-7,14,16,18H2. The number of hydrogen-bond donors (Lipinski definition) is 1. The van der Waals surface area contributed by atoms with E-state index in [1.807, 2.05) is 23.9 Å². The zero-order valence-corrected chi connectivity index (χ0v) is 20.2. The van der Waals surface area contributed by atoms with Gasteiger partial charge >= 0.3 is 0 Å². The summed E-state index contributed by atoms with van der Waals surface area (Å²) in [5.74, 6) is 0.760. The molecule has 5 rings (SSSR count). The summed E-state index contributed by atoms with van der Waals surface area (Å²) in [6.45, 7) is 0.982. The molecule has 1 aromatic heterocycles. The molecule has 31 heavy (non-hydrogen) atoms. The monoisotopic (exact) mass is 467 g/mol. The maximum Gasteiger partial charge on any atom is 0.0699 e. The second-order valence-electron chi connectivity index (χ2n) is 8.96. The van der Waals surface area contributed by atoms with Crippen molar-refractivity contribution in [1.82, 2.24) is 5.32 Å². The van der Waals surface area contributed by atoms with Gasteiger partial charge in [-0.15, -0.1) is 11.8 Å². The average Bonchev–Trinajstić information content (AvgIpc) is 3.38. The van der Waals surface area contributed by atoms with Gasteiger partial charge in [0.2, 0.25) is 0 Å². The van der Waals surface area contributed by atoms with E-state index in [1.54, 1.807) is 11.3 Å². The Morgan fingerprint density at radius 1 is 0.903 bits per heavy atom. The molecule has 1 nitrogen and oxygen atoms in total. The maximum absolute atomic E-state index is 6.42. The molecule has 4 heteroatoms. The van der Waals surface area contributed by atoms with Crippen LogP contribution in [0.25, 0.3) is 0 Å². The first-order valence-electron chi connectivity index (χ1n) is 11.5. The van der Waals surface area contributed by atoms with Crippen molar-refractivity contribution in [3.63, 3.8) is 0 Å². The molecule has 0 bridgehead atoms. The third-order valence-electron chi connectivity index (χ3n) is 7.10. The van der Waals surface area contributed by atoms with E-state index in [4.69, 9.17) is 11.6 Å². The van der Waals surface area contributed by atoms with Gasteiger partial charge < -0.3 is 5.32 Å². The van der Waals surface area contributed by atoms with E-state index in [1.165, 1.54) is 60.1 Å². The molecular formula is C27H30ClNS2. The quantitative estimate of drug-likeness (QED) is 0.405. The predicted molar refractivity (Wildman–Crippen MR) is 136 cm³/mol. The molecule has 0 amide bonds. The predicted octanol–water partition coefficient (Wildman–Crippen LogP) is 8.24. The lowest BCUT2D eigenvalue weighted by molar-refractivity contribution is 0.316. The van der Waals surface area contributed by atoms with E-state index in [0.29, 0.717) is 5.25 Å². The molecule has 2 aromatic carbocycles. The van der Waals surface area contributed by atoms with Gasteiger partial charge in [0.05, 0.1) is 10.6 Å². The van der Waals surface area contributed by atoms with Gasteiger partial charge in [0.15, 0.2) is 0 Å². The molecule has 1 saturated heterocycles. The first kappa shape index (κ1) is 21.6. The average molecular weight is 468 g/mol. The molecule has 2 heterocycles. The highest BCUT2D eigenvalue weighted by Gasteiger charge is 2.38. The summed E-state index contributed by atoms with van der Waals surface area (Å²) in [7, 11) is 0. The summed E-state index contributed by atoms with van der Waals surface area (Å²) in [6, 6.07) is 20.1. The maximum atomic E-state index is 6.42. The van der Waals surface area contributed by atoms with E-state index in [9.17, 15) is 0 Å². The van der Waals surface area contributed by atoms with Gasteiger partial charge in [-0.25, -0.2) is 0 Å². The Labute approximate surface area is 199 Å². The normalized spacial score (nSPS) is 24.9. The zero-order valence-electron chi connectivity index (χ0n) is 17.9. The van der Waals surface area contributed by atoms with Crippen LogP contribution in [0.5, 0.6) is 0 Å². The number of nitrogens with one attached hydrogen (secondary N) is 1. The van der Waals surface area contributed by atoms with Crippen molar-refractivity contribution in [3.8, 4) is 0 Å². The summed E-state index contributed by atoms with van der Waals surface area (Å²) in [6.07, 6.45) is 9.17. The van der Waals surface area contributed by atoms with Crippen LogP contribution in [0.3, 0.4) is 0 Å². The Bertz CT molecular complexity index is 969. The molecule has 1 aliphatic carbocycles. The lowest BCUT2D eigenvalue weighted by Gasteiger charge is -2.42. The molecule has 3 aromatic rings. The third kappa shape index (κ3) is 4.61. The molecule has 1 saturated carbocycles. The molecular weight excluding hydrogens is 438 g/mol. The van der Waals surface area contributed by atoms with E-state index < -0.39 is 0 Å². The molecule has 162 valence electrons. The molecule has 1 aliphatic heterocycles. The fourth-order valence-corrected chi connectivity index (χ4v) is 7.42. The second kappa shape index (κ2) is 9.70.